The fourth-order valence-electron chi connectivity index (χ4n) is 2.79. The fourth-order valence-corrected chi connectivity index (χ4v) is 2.79. The molecule has 2 atom stereocenters. The Bertz CT molecular complexity index is 390. The topological polar surface area (TPSA) is 24.5 Å². The van der Waals surface area contributed by atoms with E-state index in [-0.39, 0.29) is 0 Å². The van der Waals surface area contributed by atoms with Crippen molar-refractivity contribution in [2.24, 2.45) is 0 Å². The molecule has 0 aromatic heterocycles. The zero-order chi connectivity index (χ0) is 13.7. The third kappa shape index (κ3) is 3.78. The highest BCUT2D eigenvalue weighted by molar-refractivity contribution is 5.31. The van der Waals surface area contributed by atoms with Gasteiger partial charge in [0.05, 0.1) is 19.3 Å². The van der Waals surface area contributed by atoms with Crippen molar-refractivity contribution < 1.29 is 4.74 Å². The van der Waals surface area contributed by atoms with Crippen LogP contribution in [0.1, 0.15) is 37.9 Å². The predicted molar refractivity (Wildman–Crippen MR) is 79.2 cm³/mol. The van der Waals surface area contributed by atoms with E-state index in [1.807, 2.05) is 0 Å². The summed E-state index contributed by atoms with van der Waals surface area (Å²) in [6, 6.07) is 9.39. The van der Waals surface area contributed by atoms with Crippen LogP contribution in [0.5, 0.6) is 0 Å². The average molecular weight is 262 g/mol. The molecule has 0 saturated heterocycles. The van der Waals surface area contributed by atoms with Crippen LogP contribution in [0.4, 0.5) is 0 Å². The van der Waals surface area contributed by atoms with Crippen LogP contribution in [-0.4, -0.2) is 37.2 Å². The Balaban J connectivity index is 1.96. The highest BCUT2D eigenvalue weighted by Crippen LogP contribution is 2.24. The molecule has 0 amide bonds. The van der Waals surface area contributed by atoms with Gasteiger partial charge in [-0.15, -0.1) is 0 Å². The molecule has 1 aliphatic heterocycles. The quantitative estimate of drug-likeness (QED) is 0.853. The Morgan fingerprint density at radius 3 is 2.79 bits per heavy atom. The van der Waals surface area contributed by atoms with Crippen LogP contribution in [0.3, 0.4) is 0 Å². The summed E-state index contributed by atoms with van der Waals surface area (Å²) in [5.74, 6) is 0. The van der Waals surface area contributed by atoms with Gasteiger partial charge in [-0.25, -0.2) is 0 Å². The van der Waals surface area contributed by atoms with Gasteiger partial charge in [-0.05, 0) is 31.1 Å². The van der Waals surface area contributed by atoms with Crippen LogP contribution < -0.4 is 5.32 Å². The monoisotopic (exact) mass is 262 g/mol. The van der Waals surface area contributed by atoms with Crippen LogP contribution in [0.15, 0.2) is 24.3 Å². The molecule has 1 heterocycles. The first-order chi connectivity index (χ1) is 9.24. The summed E-state index contributed by atoms with van der Waals surface area (Å²) in [6.07, 6.45) is 0. The van der Waals surface area contributed by atoms with Gasteiger partial charge in [0, 0.05) is 12.6 Å². The number of benzene rings is 1. The minimum Gasteiger partial charge on any atom is -0.375 e. The van der Waals surface area contributed by atoms with Gasteiger partial charge in [0.2, 0.25) is 0 Å². The van der Waals surface area contributed by atoms with Gasteiger partial charge in [-0.3, -0.25) is 0 Å². The average Bonchev–Trinajstić information content (AvgIpc) is 2.45. The van der Waals surface area contributed by atoms with E-state index in [1.165, 1.54) is 11.1 Å². The molecule has 1 aliphatic rings. The number of likely N-dealkylation sites (N-methyl/N-ethyl adjacent to an activating group) is 1. The molecule has 1 N–H and O–H groups in total. The van der Waals surface area contributed by atoms with Gasteiger partial charge in [0.25, 0.3) is 0 Å². The van der Waals surface area contributed by atoms with Gasteiger partial charge < -0.3 is 15.0 Å². The second-order valence-electron chi connectivity index (χ2n) is 5.32. The number of nitrogens with zero attached hydrogens (tertiary/aromatic N) is 1. The van der Waals surface area contributed by atoms with E-state index >= 15 is 0 Å². The van der Waals surface area contributed by atoms with Crippen LogP contribution in [0.25, 0.3) is 0 Å². The van der Waals surface area contributed by atoms with Crippen molar-refractivity contribution in [2.45, 2.75) is 39.5 Å². The fraction of sp³-hybridized carbons (Fsp3) is 0.625. The molecule has 1 aromatic carbocycles. The van der Waals surface area contributed by atoms with Gasteiger partial charge in [0.15, 0.2) is 0 Å². The molecular weight excluding hydrogens is 236 g/mol. The lowest BCUT2D eigenvalue weighted by molar-refractivity contribution is 0.0771. The zero-order valence-corrected chi connectivity index (χ0v) is 12.4. The van der Waals surface area contributed by atoms with Crippen molar-refractivity contribution in [3.05, 3.63) is 35.4 Å². The molecule has 0 fully saturated rings. The molecule has 0 bridgehead atoms. The maximum Gasteiger partial charge on any atom is 0.0721 e. The van der Waals surface area contributed by atoms with Crippen LogP contribution >= 0.6 is 0 Å². The summed E-state index contributed by atoms with van der Waals surface area (Å²) in [7, 11) is 0. The Kier molecular flexibility index (Phi) is 5.37. The van der Waals surface area contributed by atoms with E-state index < -0.39 is 0 Å². The number of rotatable bonds is 6. The minimum absolute atomic E-state index is 0.329. The number of hydrogen-bond donors (Lipinski definition) is 1. The lowest BCUT2D eigenvalue weighted by Crippen LogP contribution is -2.42. The molecule has 3 heteroatoms. The van der Waals surface area contributed by atoms with Crippen LogP contribution in [0.2, 0.25) is 0 Å². The molecule has 19 heavy (non-hydrogen) atoms. The number of ether oxygens (including phenoxy) is 1. The van der Waals surface area contributed by atoms with Gasteiger partial charge in [0.1, 0.15) is 0 Å². The van der Waals surface area contributed by atoms with E-state index in [0.717, 1.165) is 32.8 Å². The summed E-state index contributed by atoms with van der Waals surface area (Å²) in [5.41, 5.74) is 2.72. The number of hydrogen-bond acceptors (Lipinski definition) is 3. The highest BCUT2D eigenvalue weighted by atomic mass is 16.5. The lowest BCUT2D eigenvalue weighted by atomic mass is 9.98. The first-order valence-electron chi connectivity index (χ1n) is 7.38. The molecule has 1 aromatic rings. The van der Waals surface area contributed by atoms with Crippen molar-refractivity contribution >= 4 is 0 Å². The van der Waals surface area contributed by atoms with Crippen LogP contribution in [0, 0.1) is 0 Å². The van der Waals surface area contributed by atoms with Crippen LogP contribution in [-0.2, 0) is 11.3 Å². The van der Waals surface area contributed by atoms with Crippen molar-refractivity contribution in [3.8, 4) is 0 Å². The zero-order valence-electron chi connectivity index (χ0n) is 12.4. The molecule has 3 nitrogen and oxygen atoms in total. The van der Waals surface area contributed by atoms with E-state index in [1.54, 1.807) is 0 Å². The SMILES string of the molecule is CCN(CC)CC(C)NC1COCc2ccccc21. The second-order valence-corrected chi connectivity index (χ2v) is 5.32. The largest absolute Gasteiger partial charge is 0.375 e. The Morgan fingerprint density at radius 2 is 2.05 bits per heavy atom. The molecule has 0 saturated carbocycles. The first kappa shape index (κ1) is 14.5. The molecular formula is C16H26N2O. The molecule has 2 unspecified atom stereocenters. The Labute approximate surface area is 116 Å². The minimum atomic E-state index is 0.329. The van der Waals surface area contributed by atoms with Gasteiger partial charge in [-0.1, -0.05) is 38.1 Å². The standard InChI is InChI=1S/C16H26N2O/c1-4-18(5-2)10-13(3)17-16-12-19-11-14-8-6-7-9-15(14)16/h6-9,13,16-17H,4-5,10-12H2,1-3H3. The molecule has 0 aliphatic carbocycles. The molecule has 0 radical (unpaired) electrons. The van der Waals surface area contributed by atoms with Crippen molar-refractivity contribution in [1.29, 1.82) is 0 Å². The van der Waals surface area contributed by atoms with Crippen molar-refractivity contribution in [2.75, 3.05) is 26.2 Å². The third-order valence-electron chi connectivity index (χ3n) is 3.88. The predicted octanol–water partition coefficient (Wildman–Crippen LogP) is 2.58. The molecule has 2 rings (SSSR count). The van der Waals surface area contributed by atoms with Crippen molar-refractivity contribution in [1.82, 2.24) is 10.2 Å². The molecule has 0 spiro atoms. The summed E-state index contributed by atoms with van der Waals surface area (Å²) in [5, 5.41) is 3.71. The summed E-state index contributed by atoms with van der Waals surface area (Å²) >= 11 is 0. The third-order valence-corrected chi connectivity index (χ3v) is 3.88. The summed E-state index contributed by atoms with van der Waals surface area (Å²) < 4.78 is 5.69. The maximum absolute atomic E-state index is 5.69. The van der Waals surface area contributed by atoms with Gasteiger partial charge in [-0.2, -0.15) is 0 Å². The lowest BCUT2D eigenvalue weighted by Gasteiger charge is -2.31. The smallest absolute Gasteiger partial charge is 0.0721 e. The Hall–Kier alpha value is -0.900. The summed E-state index contributed by atoms with van der Waals surface area (Å²) in [4.78, 5) is 2.45. The van der Waals surface area contributed by atoms with E-state index in [2.05, 4.69) is 55.3 Å². The summed E-state index contributed by atoms with van der Waals surface area (Å²) in [6.45, 7) is 11.5. The van der Waals surface area contributed by atoms with E-state index in [9.17, 15) is 0 Å². The first-order valence-corrected chi connectivity index (χ1v) is 7.38. The van der Waals surface area contributed by atoms with E-state index in [0.29, 0.717) is 12.1 Å². The number of fused-ring (bicyclic) bond motifs is 1. The normalized spacial score (nSPS) is 20.3. The molecule has 106 valence electrons. The number of nitrogens with one attached hydrogen (secondary N) is 1. The maximum atomic E-state index is 5.69. The van der Waals surface area contributed by atoms with Gasteiger partial charge >= 0.3 is 0 Å². The second kappa shape index (κ2) is 7.04. The highest BCUT2D eigenvalue weighted by Gasteiger charge is 2.21. The van der Waals surface area contributed by atoms with Crippen molar-refractivity contribution in [3.63, 3.8) is 0 Å². The van der Waals surface area contributed by atoms with E-state index in [4.69, 9.17) is 4.74 Å². The Morgan fingerprint density at radius 1 is 1.32 bits per heavy atom.